The van der Waals surface area contributed by atoms with Gasteiger partial charge in [0.2, 0.25) is 5.91 Å². The van der Waals surface area contributed by atoms with Crippen molar-refractivity contribution >= 4 is 5.91 Å². The number of hydrogen-bond donors (Lipinski definition) is 1. The van der Waals surface area contributed by atoms with E-state index in [1.165, 1.54) is 12.1 Å². The van der Waals surface area contributed by atoms with Crippen molar-refractivity contribution in [2.24, 2.45) is 0 Å². The van der Waals surface area contributed by atoms with Gasteiger partial charge in [0.25, 0.3) is 0 Å². The Balaban J connectivity index is 1.75. The highest BCUT2D eigenvalue weighted by Crippen LogP contribution is 2.32. The third kappa shape index (κ3) is 3.57. The summed E-state index contributed by atoms with van der Waals surface area (Å²) in [6, 6.07) is 13.2. The Morgan fingerprint density at radius 3 is 2.50 bits per heavy atom. The number of aliphatic hydroxyl groups is 1. The van der Waals surface area contributed by atoms with Crippen molar-refractivity contribution in [2.75, 3.05) is 13.7 Å². The number of hydrogen-bond acceptors (Lipinski definition) is 3. The minimum absolute atomic E-state index is 0.0500. The first-order valence-electron chi connectivity index (χ1n) is 7.92. The van der Waals surface area contributed by atoms with Gasteiger partial charge in [-0.05, 0) is 41.8 Å². The number of aliphatic hydroxyl groups excluding tert-OH is 1. The van der Waals surface area contributed by atoms with Crippen LogP contribution in [0.3, 0.4) is 0 Å². The lowest BCUT2D eigenvalue weighted by Gasteiger charge is -2.25. The lowest BCUT2D eigenvalue weighted by Crippen LogP contribution is -2.33. The van der Waals surface area contributed by atoms with E-state index < -0.39 is 6.10 Å². The van der Waals surface area contributed by atoms with Gasteiger partial charge in [0, 0.05) is 6.54 Å². The highest BCUT2D eigenvalue weighted by molar-refractivity contribution is 5.79. The summed E-state index contributed by atoms with van der Waals surface area (Å²) in [4.78, 5) is 14.4. The number of ether oxygens (including phenoxy) is 1. The molecule has 1 N–H and O–H groups in total. The zero-order valence-electron chi connectivity index (χ0n) is 13.5. The fourth-order valence-corrected chi connectivity index (χ4v) is 3.11. The molecule has 1 heterocycles. The second kappa shape index (κ2) is 7.01. The van der Waals surface area contributed by atoms with Gasteiger partial charge in [-0.2, -0.15) is 0 Å². The van der Waals surface area contributed by atoms with Crippen molar-refractivity contribution in [2.45, 2.75) is 25.0 Å². The number of halogens is 1. The molecule has 0 aromatic heterocycles. The van der Waals surface area contributed by atoms with E-state index in [-0.39, 0.29) is 24.2 Å². The maximum absolute atomic E-state index is 13.1. The number of carbonyl (C=O) groups is 1. The van der Waals surface area contributed by atoms with Crippen molar-refractivity contribution in [1.29, 1.82) is 0 Å². The average Bonchev–Trinajstić information content (AvgIpc) is 2.98. The molecule has 0 spiro atoms. The second-order valence-corrected chi connectivity index (χ2v) is 6.03. The van der Waals surface area contributed by atoms with Crippen LogP contribution in [0, 0.1) is 5.82 Å². The molecule has 0 saturated carbocycles. The summed E-state index contributed by atoms with van der Waals surface area (Å²) in [5.41, 5.74) is 1.73. The van der Waals surface area contributed by atoms with E-state index in [1.54, 1.807) is 24.1 Å². The number of rotatable bonds is 4. The monoisotopic (exact) mass is 329 g/mol. The Bertz CT molecular complexity index is 700. The van der Waals surface area contributed by atoms with Crippen molar-refractivity contribution in [3.63, 3.8) is 0 Å². The molecule has 126 valence electrons. The Morgan fingerprint density at radius 1 is 1.21 bits per heavy atom. The molecule has 4 nitrogen and oxygen atoms in total. The number of amides is 1. The molecule has 0 aliphatic carbocycles. The van der Waals surface area contributed by atoms with Crippen LogP contribution in [0.2, 0.25) is 0 Å². The molecule has 5 heteroatoms. The maximum atomic E-state index is 13.1. The van der Waals surface area contributed by atoms with Gasteiger partial charge in [-0.1, -0.05) is 24.3 Å². The maximum Gasteiger partial charge on any atom is 0.227 e. The molecule has 0 bridgehead atoms. The smallest absolute Gasteiger partial charge is 0.227 e. The SMILES string of the molecule is COc1ccc(CC(=O)N2C[C@@H](O)C[C@@H]2c2ccc(F)cc2)cc1. The van der Waals surface area contributed by atoms with Crippen LogP contribution < -0.4 is 4.74 Å². The van der Waals surface area contributed by atoms with Gasteiger partial charge < -0.3 is 14.7 Å². The van der Waals surface area contributed by atoms with Crippen molar-refractivity contribution in [3.05, 3.63) is 65.5 Å². The van der Waals surface area contributed by atoms with Gasteiger partial charge in [0.05, 0.1) is 25.7 Å². The number of benzene rings is 2. The summed E-state index contributed by atoms with van der Waals surface area (Å²) in [6.45, 7) is 0.303. The average molecular weight is 329 g/mol. The zero-order chi connectivity index (χ0) is 17.1. The van der Waals surface area contributed by atoms with Gasteiger partial charge in [0.15, 0.2) is 0 Å². The number of likely N-dealkylation sites (tertiary alicyclic amines) is 1. The quantitative estimate of drug-likeness (QED) is 0.938. The zero-order valence-corrected chi connectivity index (χ0v) is 13.5. The number of nitrogens with zero attached hydrogens (tertiary/aromatic N) is 1. The van der Waals surface area contributed by atoms with Gasteiger partial charge >= 0.3 is 0 Å². The normalized spacial score (nSPS) is 20.2. The van der Waals surface area contributed by atoms with Crippen LogP contribution in [0.4, 0.5) is 4.39 Å². The molecule has 0 radical (unpaired) electrons. The Kier molecular flexibility index (Phi) is 4.81. The predicted octanol–water partition coefficient (Wildman–Crippen LogP) is 2.71. The Labute approximate surface area is 140 Å². The first kappa shape index (κ1) is 16.5. The van der Waals surface area contributed by atoms with Crippen LogP contribution in [-0.4, -0.2) is 35.7 Å². The standard InChI is InChI=1S/C19H20FNO3/c1-24-17-8-2-13(3-9-17)10-19(23)21-12-16(22)11-18(21)14-4-6-15(20)7-5-14/h2-9,16,18,22H,10-12H2,1H3/t16-,18+/m0/s1. The molecule has 1 amide bonds. The van der Waals surface area contributed by atoms with Crippen LogP contribution in [-0.2, 0) is 11.2 Å². The molecule has 2 atom stereocenters. The summed E-state index contributed by atoms with van der Waals surface area (Å²) in [6.07, 6.45) is 0.175. The first-order valence-corrected chi connectivity index (χ1v) is 7.92. The van der Waals surface area contributed by atoms with E-state index >= 15 is 0 Å². The number of methoxy groups -OCH3 is 1. The Hall–Kier alpha value is -2.40. The summed E-state index contributed by atoms with van der Waals surface area (Å²) in [5.74, 6) is 0.381. The highest BCUT2D eigenvalue weighted by atomic mass is 19.1. The van der Waals surface area contributed by atoms with Gasteiger partial charge in [-0.3, -0.25) is 4.79 Å². The second-order valence-electron chi connectivity index (χ2n) is 6.03. The van der Waals surface area contributed by atoms with E-state index in [9.17, 15) is 14.3 Å². The summed E-state index contributed by atoms with van der Waals surface area (Å²) >= 11 is 0. The third-order valence-corrected chi connectivity index (χ3v) is 4.37. The molecular weight excluding hydrogens is 309 g/mol. The van der Waals surface area contributed by atoms with Gasteiger partial charge in [-0.25, -0.2) is 4.39 Å². The minimum atomic E-state index is -0.556. The summed E-state index contributed by atoms with van der Waals surface area (Å²) in [7, 11) is 1.60. The van der Waals surface area contributed by atoms with Crippen LogP contribution in [0.15, 0.2) is 48.5 Å². The number of carbonyl (C=O) groups excluding carboxylic acids is 1. The molecule has 0 unspecified atom stereocenters. The lowest BCUT2D eigenvalue weighted by atomic mass is 10.0. The fraction of sp³-hybridized carbons (Fsp3) is 0.316. The third-order valence-electron chi connectivity index (χ3n) is 4.37. The molecule has 1 fully saturated rings. The summed E-state index contributed by atoms with van der Waals surface area (Å²) in [5, 5.41) is 9.98. The van der Waals surface area contributed by atoms with Crippen molar-refractivity contribution in [1.82, 2.24) is 4.90 Å². The van der Waals surface area contributed by atoms with E-state index in [0.717, 1.165) is 16.9 Å². The van der Waals surface area contributed by atoms with Crippen LogP contribution in [0.5, 0.6) is 5.75 Å². The molecular formula is C19H20FNO3. The fourth-order valence-electron chi connectivity index (χ4n) is 3.11. The minimum Gasteiger partial charge on any atom is -0.497 e. The van der Waals surface area contributed by atoms with Crippen LogP contribution in [0.1, 0.15) is 23.6 Å². The van der Waals surface area contributed by atoms with E-state index in [1.807, 2.05) is 24.3 Å². The van der Waals surface area contributed by atoms with E-state index in [2.05, 4.69) is 0 Å². The molecule has 2 aromatic rings. The van der Waals surface area contributed by atoms with E-state index in [4.69, 9.17) is 4.74 Å². The van der Waals surface area contributed by atoms with Gasteiger partial charge in [0.1, 0.15) is 11.6 Å². The molecule has 1 aliphatic rings. The summed E-state index contributed by atoms with van der Waals surface area (Å²) < 4.78 is 18.2. The first-order chi connectivity index (χ1) is 11.6. The van der Waals surface area contributed by atoms with Crippen molar-refractivity contribution in [3.8, 4) is 5.75 Å². The topological polar surface area (TPSA) is 49.8 Å². The van der Waals surface area contributed by atoms with Crippen LogP contribution in [0.25, 0.3) is 0 Å². The Morgan fingerprint density at radius 2 is 1.88 bits per heavy atom. The molecule has 2 aromatic carbocycles. The number of β-amino-alcohol motifs (C(OH)–C–C–N with tert-alkyl or cyclic N) is 1. The molecule has 1 aliphatic heterocycles. The molecule has 24 heavy (non-hydrogen) atoms. The lowest BCUT2D eigenvalue weighted by molar-refractivity contribution is -0.131. The van der Waals surface area contributed by atoms with Crippen LogP contribution >= 0.6 is 0 Å². The predicted molar refractivity (Wildman–Crippen MR) is 88.2 cm³/mol. The van der Waals surface area contributed by atoms with E-state index in [0.29, 0.717) is 13.0 Å². The largest absolute Gasteiger partial charge is 0.497 e. The van der Waals surface area contributed by atoms with Crippen molar-refractivity contribution < 1.29 is 19.0 Å². The molecule has 1 saturated heterocycles. The van der Waals surface area contributed by atoms with Gasteiger partial charge in [-0.15, -0.1) is 0 Å². The highest BCUT2D eigenvalue weighted by Gasteiger charge is 2.35. The molecule has 3 rings (SSSR count).